The van der Waals surface area contributed by atoms with Crippen LogP contribution in [0, 0.1) is 10.5 Å². The second-order valence-corrected chi connectivity index (χ2v) is 10.5. The molecule has 0 fully saturated rings. The van der Waals surface area contributed by atoms with Gasteiger partial charge in [0.05, 0.1) is 17.1 Å². The molecule has 6 heteroatoms. The lowest BCUT2D eigenvalue weighted by molar-refractivity contribution is 0.591. The Morgan fingerprint density at radius 3 is 2.35 bits per heavy atom. The Balaban J connectivity index is 1.69. The zero-order valence-corrected chi connectivity index (χ0v) is 20.2. The summed E-state index contributed by atoms with van der Waals surface area (Å²) in [5.74, 6) is 0. The standard InChI is InChI=1S/C25H23IN2O2S/c1-19(16-27-18-20(2)22-12-6-8-14-24(22)27)17-28(25-15-9-7-13-23(25)26)31(29,30)21-10-4-3-5-11-21/h3-15,18H,1,16-17H2,2H3. The maximum atomic E-state index is 13.6. The highest BCUT2D eigenvalue weighted by Crippen LogP contribution is 2.29. The largest absolute Gasteiger partial charge is 0.343 e. The number of fused-ring (bicyclic) bond motifs is 1. The highest BCUT2D eigenvalue weighted by molar-refractivity contribution is 14.1. The molecule has 0 radical (unpaired) electrons. The molecule has 0 saturated carbocycles. The number of sulfonamides is 1. The summed E-state index contributed by atoms with van der Waals surface area (Å²) in [7, 11) is -3.74. The van der Waals surface area contributed by atoms with E-state index in [4.69, 9.17) is 0 Å². The predicted octanol–water partition coefficient (Wildman–Crippen LogP) is 6.01. The van der Waals surface area contributed by atoms with Crippen molar-refractivity contribution in [3.8, 4) is 0 Å². The number of rotatable bonds is 7. The first-order chi connectivity index (χ1) is 14.9. The smallest absolute Gasteiger partial charge is 0.264 e. The number of aryl methyl sites for hydroxylation is 1. The van der Waals surface area contributed by atoms with E-state index in [2.05, 4.69) is 59.0 Å². The van der Waals surface area contributed by atoms with Crippen LogP contribution in [-0.2, 0) is 16.6 Å². The third kappa shape index (κ3) is 4.41. The Morgan fingerprint density at radius 2 is 1.61 bits per heavy atom. The van der Waals surface area contributed by atoms with Crippen LogP contribution in [0.15, 0.2) is 102 Å². The summed E-state index contributed by atoms with van der Waals surface area (Å²) >= 11 is 2.18. The van der Waals surface area contributed by atoms with Crippen molar-refractivity contribution in [1.29, 1.82) is 0 Å². The van der Waals surface area contributed by atoms with Gasteiger partial charge in [-0.15, -0.1) is 0 Å². The van der Waals surface area contributed by atoms with Gasteiger partial charge >= 0.3 is 0 Å². The minimum Gasteiger partial charge on any atom is -0.343 e. The molecule has 0 aliphatic rings. The molecule has 1 aromatic heterocycles. The molecular formula is C25H23IN2O2S. The molecule has 1 heterocycles. The monoisotopic (exact) mass is 542 g/mol. The topological polar surface area (TPSA) is 42.3 Å². The van der Waals surface area contributed by atoms with Crippen LogP contribution < -0.4 is 4.31 Å². The van der Waals surface area contributed by atoms with Crippen molar-refractivity contribution in [3.63, 3.8) is 0 Å². The third-order valence-corrected chi connectivity index (χ3v) is 7.89. The van der Waals surface area contributed by atoms with E-state index >= 15 is 0 Å². The van der Waals surface area contributed by atoms with Gasteiger partial charge in [0, 0.05) is 27.2 Å². The van der Waals surface area contributed by atoms with E-state index in [1.165, 1.54) is 15.3 Å². The van der Waals surface area contributed by atoms with E-state index < -0.39 is 10.0 Å². The van der Waals surface area contributed by atoms with Gasteiger partial charge in [-0.25, -0.2) is 8.42 Å². The van der Waals surface area contributed by atoms with E-state index in [0.717, 1.165) is 14.7 Å². The first-order valence-electron chi connectivity index (χ1n) is 9.91. The normalized spacial score (nSPS) is 11.5. The molecule has 0 saturated heterocycles. The molecule has 0 aliphatic heterocycles. The Labute approximate surface area is 197 Å². The van der Waals surface area contributed by atoms with Gasteiger partial charge in [-0.1, -0.05) is 55.1 Å². The van der Waals surface area contributed by atoms with Gasteiger partial charge in [0.1, 0.15) is 0 Å². The van der Waals surface area contributed by atoms with Gasteiger partial charge in [0.25, 0.3) is 10.0 Å². The van der Waals surface area contributed by atoms with Gasteiger partial charge in [-0.3, -0.25) is 4.31 Å². The molecule has 158 valence electrons. The summed E-state index contributed by atoms with van der Waals surface area (Å²) in [5.41, 5.74) is 3.77. The molecule has 0 amide bonds. The van der Waals surface area contributed by atoms with Crippen molar-refractivity contribution in [2.24, 2.45) is 0 Å². The SMILES string of the molecule is C=C(CN(c1ccccc1I)S(=O)(=O)c1ccccc1)Cn1cc(C)c2ccccc21. The lowest BCUT2D eigenvalue weighted by Crippen LogP contribution is -2.34. The summed E-state index contributed by atoms with van der Waals surface area (Å²) < 4.78 is 31.6. The number of para-hydroxylation sites is 2. The van der Waals surface area contributed by atoms with Crippen LogP contribution in [0.25, 0.3) is 10.9 Å². The van der Waals surface area contributed by atoms with Crippen LogP contribution in [0.2, 0.25) is 0 Å². The summed E-state index contributed by atoms with van der Waals surface area (Å²) in [6.45, 7) is 7.06. The van der Waals surface area contributed by atoms with Crippen LogP contribution >= 0.6 is 22.6 Å². The van der Waals surface area contributed by atoms with Crippen molar-refractivity contribution in [1.82, 2.24) is 4.57 Å². The third-order valence-electron chi connectivity index (χ3n) is 5.20. The number of benzene rings is 3. The number of aromatic nitrogens is 1. The molecule has 0 N–H and O–H groups in total. The quantitative estimate of drug-likeness (QED) is 0.212. The van der Waals surface area contributed by atoms with Crippen LogP contribution in [0.1, 0.15) is 5.56 Å². The van der Waals surface area contributed by atoms with Crippen LogP contribution in [-0.4, -0.2) is 19.5 Å². The van der Waals surface area contributed by atoms with E-state index in [9.17, 15) is 8.42 Å². The Bertz CT molecular complexity index is 1340. The van der Waals surface area contributed by atoms with E-state index in [0.29, 0.717) is 12.2 Å². The highest BCUT2D eigenvalue weighted by Gasteiger charge is 2.27. The molecule has 0 aliphatic carbocycles. The molecule has 4 nitrogen and oxygen atoms in total. The van der Waals surface area contributed by atoms with Gasteiger partial charge in [0.2, 0.25) is 0 Å². The predicted molar refractivity (Wildman–Crippen MR) is 136 cm³/mol. The summed E-state index contributed by atoms with van der Waals surface area (Å²) in [4.78, 5) is 0.268. The molecule has 3 aromatic carbocycles. The Morgan fingerprint density at radius 1 is 0.968 bits per heavy atom. The maximum Gasteiger partial charge on any atom is 0.264 e. The molecule has 31 heavy (non-hydrogen) atoms. The highest BCUT2D eigenvalue weighted by atomic mass is 127. The lowest BCUT2D eigenvalue weighted by Gasteiger charge is -2.26. The van der Waals surface area contributed by atoms with Crippen LogP contribution in [0.3, 0.4) is 0 Å². The number of hydrogen-bond donors (Lipinski definition) is 0. The van der Waals surface area contributed by atoms with E-state index in [-0.39, 0.29) is 11.4 Å². The Kier molecular flexibility index (Phi) is 6.20. The molecular weight excluding hydrogens is 519 g/mol. The fraction of sp³-hybridized carbons (Fsp3) is 0.120. The van der Waals surface area contributed by atoms with Gasteiger partial charge < -0.3 is 4.57 Å². The van der Waals surface area contributed by atoms with Crippen LogP contribution in [0.5, 0.6) is 0 Å². The summed E-state index contributed by atoms with van der Waals surface area (Å²) in [6, 6.07) is 24.3. The maximum absolute atomic E-state index is 13.6. The van der Waals surface area contributed by atoms with Crippen LogP contribution in [0.4, 0.5) is 5.69 Å². The average molecular weight is 542 g/mol. The van der Waals surface area contributed by atoms with Crippen molar-refractivity contribution >= 4 is 49.2 Å². The summed E-state index contributed by atoms with van der Waals surface area (Å²) in [6.07, 6.45) is 2.10. The second-order valence-electron chi connectivity index (χ2n) is 7.48. The van der Waals surface area contributed by atoms with Gasteiger partial charge in [-0.2, -0.15) is 0 Å². The molecule has 0 unspecified atom stereocenters. The molecule has 0 bridgehead atoms. The summed E-state index contributed by atoms with van der Waals surface area (Å²) in [5, 5.41) is 1.20. The fourth-order valence-electron chi connectivity index (χ4n) is 3.73. The zero-order valence-electron chi connectivity index (χ0n) is 17.2. The molecule has 0 spiro atoms. The lowest BCUT2D eigenvalue weighted by atomic mass is 10.2. The van der Waals surface area contributed by atoms with E-state index in [1.54, 1.807) is 24.3 Å². The first kappa shape index (κ1) is 21.6. The minimum atomic E-state index is -3.74. The van der Waals surface area contributed by atoms with E-state index in [1.807, 2.05) is 42.5 Å². The van der Waals surface area contributed by atoms with Crippen molar-refractivity contribution < 1.29 is 8.42 Å². The van der Waals surface area contributed by atoms with Gasteiger partial charge in [-0.05, 0) is 71.0 Å². The molecule has 4 rings (SSSR count). The van der Waals surface area contributed by atoms with Crippen molar-refractivity contribution in [2.75, 3.05) is 10.8 Å². The van der Waals surface area contributed by atoms with Gasteiger partial charge in [0.15, 0.2) is 0 Å². The van der Waals surface area contributed by atoms with Crippen molar-refractivity contribution in [3.05, 3.63) is 106 Å². The minimum absolute atomic E-state index is 0.197. The number of nitrogens with zero attached hydrogens (tertiary/aromatic N) is 2. The van der Waals surface area contributed by atoms with Crippen molar-refractivity contribution in [2.45, 2.75) is 18.4 Å². The first-order valence-corrected chi connectivity index (χ1v) is 12.4. The fourth-order valence-corrected chi connectivity index (χ4v) is 6.10. The zero-order chi connectivity index (χ0) is 22.0. The number of anilines is 1. The number of hydrogen-bond acceptors (Lipinski definition) is 2. The second kappa shape index (κ2) is 8.88. The number of halogens is 1. The Hall–Kier alpha value is -2.58. The molecule has 0 atom stereocenters. The average Bonchev–Trinajstić information content (AvgIpc) is 3.08. The molecule has 4 aromatic rings.